The summed E-state index contributed by atoms with van der Waals surface area (Å²) >= 11 is 0. The summed E-state index contributed by atoms with van der Waals surface area (Å²) in [6, 6.07) is 11.6. The lowest BCUT2D eigenvalue weighted by Crippen LogP contribution is -2.14. The van der Waals surface area contributed by atoms with E-state index in [1.807, 2.05) is 26.0 Å². The molecule has 5 heteroatoms. The molecule has 0 unspecified atom stereocenters. The van der Waals surface area contributed by atoms with Gasteiger partial charge in [0.05, 0.1) is 10.6 Å². The molecule has 0 atom stereocenters. The van der Waals surface area contributed by atoms with Crippen molar-refractivity contribution in [1.29, 1.82) is 0 Å². The van der Waals surface area contributed by atoms with Gasteiger partial charge in [-0.3, -0.25) is 9.52 Å². The molecule has 2 aromatic carbocycles. The molecule has 2 aromatic rings. The molecular formula is C17H19NO3S. The van der Waals surface area contributed by atoms with E-state index in [0.29, 0.717) is 17.7 Å². The Kier molecular flexibility index (Phi) is 4.66. The summed E-state index contributed by atoms with van der Waals surface area (Å²) in [5, 5.41) is 0. The van der Waals surface area contributed by atoms with Crippen molar-refractivity contribution in [2.24, 2.45) is 0 Å². The lowest BCUT2D eigenvalue weighted by Gasteiger charge is -2.11. The van der Waals surface area contributed by atoms with Crippen LogP contribution < -0.4 is 4.72 Å². The van der Waals surface area contributed by atoms with Crippen molar-refractivity contribution in [3.63, 3.8) is 0 Å². The predicted molar refractivity (Wildman–Crippen MR) is 87.8 cm³/mol. The first-order chi connectivity index (χ1) is 10.3. The highest BCUT2D eigenvalue weighted by Crippen LogP contribution is 2.21. The molecule has 0 aromatic heterocycles. The number of carbonyl (C=O) groups excluding carboxylic acids is 1. The van der Waals surface area contributed by atoms with Crippen LogP contribution in [0.25, 0.3) is 0 Å². The van der Waals surface area contributed by atoms with Gasteiger partial charge in [0.25, 0.3) is 10.0 Å². The largest absolute Gasteiger partial charge is 0.294 e. The molecule has 0 fully saturated rings. The predicted octanol–water partition coefficient (Wildman–Crippen LogP) is 3.70. The number of Topliss-reactive ketones (excluding diaryl/α,β-unsaturated/α-hetero) is 1. The van der Waals surface area contributed by atoms with E-state index in [1.54, 1.807) is 25.1 Å². The minimum absolute atomic E-state index is 0.00793. The van der Waals surface area contributed by atoms with E-state index in [9.17, 15) is 13.2 Å². The Morgan fingerprint density at radius 1 is 1.05 bits per heavy atom. The average Bonchev–Trinajstić information content (AvgIpc) is 2.50. The zero-order valence-electron chi connectivity index (χ0n) is 12.9. The van der Waals surface area contributed by atoms with Gasteiger partial charge in [0, 0.05) is 12.0 Å². The van der Waals surface area contributed by atoms with Crippen molar-refractivity contribution in [1.82, 2.24) is 0 Å². The summed E-state index contributed by atoms with van der Waals surface area (Å²) < 4.78 is 27.4. The fourth-order valence-electron chi connectivity index (χ4n) is 2.07. The van der Waals surface area contributed by atoms with Crippen LogP contribution in [-0.4, -0.2) is 14.2 Å². The number of anilines is 1. The SMILES string of the molecule is CCC(=O)c1ccc(S(=O)(=O)Nc2cc(C)ccc2C)cc1. The summed E-state index contributed by atoms with van der Waals surface area (Å²) in [5.74, 6) is -0.00793. The topological polar surface area (TPSA) is 63.2 Å². The van der Waals surface area contributed by atoms with Gasteiger partial charge >= 0.3 is 0 Å². The highest BCUT2D eigenvalue weighted by atomic mass is 32.2. The Labute approximate surface area is 131 Å². The average molecular weight is 317 g/mol. The summed E-state index contributed by atoms with van der Waals surface area (Å²) in [5.41, 5.74) is 2.92. The molecule has 0 bridgehead atoms. The maximum absolute atomic E-state index is 12.4. The Bertz CT molecular complexity index is 793. The van der Waals surface area contributed by atoms with Gasteiger partial charge in [-0.1, -0.05) is 31.2 Å². The number of ketones is 1. The molecule has 0 saturated heterocycles. The highest BCUT2D eigenvalue weighted by molar-refractivity contribution is 7.92. The van der Waals surface area contributed by atoms with E-state index >= 15 is 0 Å². The zero-order valence-corrected chi connectivity index (χ0v) is 13.7. The van der Waals surface area contributed by atoms with E-state index in [4.69, 9.17) is 0 Å². The third kappa shape index (κ3) is 3.54. The van der Waals surface area contributed by atoms with Gasteiger partial charge in [-0.2, -0.15) is 0 Å². The van der Waals surface area contributed by atoms with Gasteiger partial charge < -0.3 is 0 Å². The molecule has 0 amide bonds. The quantitative estimate of drug-likeness (QED) is 0.855. The van der Waals surface area contributed by atoms with Crippen molar-refractivity contribution >= 4 is 21.5 Å². The Morgan fingerprint density at radius 3 is 2.27 bits per heavy atom. The minimum atomic E-state index is -3.66. The second-order valence-corrected chi connectivity index (χ2v) is 6.91. The van der Waals surface area contributed by atoms with E-state index in [2.05, 4.69) is 4.72 Å². The number of benzene rings is 2. The second kappa shape index (κ2) is 6.32. The smallest absolute Gasteiger partial charge is 0.261 e. The first-order valence-corrected chi connectivity index (χ1v) is 8.55. The monoisotopic (exact) mass is 317 g/mol. The fraction of sp³-hybridized carbons (Fsp3) is 0.235. The maximum atomic E-state index is 12.4. The van der Waals surface area contributed by atoms with Crippen LogP contribution in [0.2, 0.25) is 0 Å². The fourth-order valence-corrected chi connectivity index (χ4v) is 3.20. The van der Waals surface area contributed by atoms with Crippen molar-refractivity contribution in [3.05, 3.63) is 59.2 Å². The van der Waals surface area contributed by atoms with Gasteiger partial charge in [0.15, 0.2) is 5.78 Å². The number of rotatable bonds is 5. The molecule has 22 heavy (non-hydrogen) atoms. The molecule has 0 aliphatic carbocycles. The van der Waals surface area contributed by atoms with Gasteiger partial charge in [-0.25, -0.2) is 8.42 Å². The van der Waals surface area contributed by atoms with E-state index in [1.165, 1.54) is 12.1 Å². The van der Waals surface area contributed by atoms with Crippen LogP contribution >= 0.6 is 0 Å². The minimum Gasteiger partial charge on any atom is -0.294 e. The number of aryl methyl sites for hydroxylation is 2. The number of sulfonamides is 1. The van der Waals surface area contributed by atoms with Crippen LogP contribution in [0.5, 0.6) is 0 Å². The lowest BCUT2D eigenvalue weighted by molar-refractivity contribution is 0.0988. The molecule has 1 N–H and O–H groups in total. The molecular weight excluding hydrogens is 298 g/mol. The van der Waals surface area contributed by atoms with Gasteiger partial charge in [0.1, 0.15) is 0 Å². The number of hydrogen-bond donors (Lipinski definition) is 1. The Hall–Kier alpha value is -2.14. The molecule has 2 rings (SSSR count). The highest BCUT2D eigenvalue weighted by Gasteiger charge is 2.16. The molecule has 4 nitrogen and oxygen atoms in total. The van der Waals surface area contributed by atoms with Gasteiger partial charge in [-0.05, 0) is 43.2 Å². The van der Waals surface area contributed by atoms with Crippen molar-refractivity contribution in [2.45, 2.75) is 32.1 Å². The summed E-state index contributed by atoms with van der Waals surface area (Å²) in [6.07, 6.45) is 0.396. The number of carbonyl (C=O) groups is 1. The maximum Gasteiger partial charge on any atom is 0.261 e. The normalized spacial score (nSPS) is 11.2. The second-order valence-electron chi connectivity index (χ2n) is 5.22. The molecule has 0 spiro atoms. The molecule has 116 valence electrons. The molecule has 0 saturated carbocycles. The zero-order chi connectivity index (χ0) is 16.3. The van der Waals surface area contributed by atoms with Crippen LogP contribution in [0.15, 0.2) is 47.4 Å². The Balaban J connectivity index is 2.30. The van der Waals surface area contributed by atoms with E-state index < -0.39 is 10.0 Å². The summed E-state index contributed by atoms with van der Waals surface area (Å²) in [7, 11) is -3.66. The third-order valence-corrected chi connectivity index (χ3v) is 4.83. The molecule has 0 radical (unpaired) electrons. The van der Waals surface area contributed by atoms with E-state index in [0.717, 1.165) is 11.1 Å². The molecule has 0 heterocycles. The van der Waals surface area contributed by atoms with Gasteiger partial charge in [0.2, 0.25) is 0 Å². The summed E-state index contributed by atoms with van der Waals surface area (Å²) in [6.45, 7) is 5.53. The number of hydrogen-bond acceptors (Lipinski definition) is 3. The first kappa shape index (κ1) is 16.2. The van der Waals surface area contributed by atoms with Crippen LogP contribution in [0.3, 0.4) is 0 Å². The Morgan fingerprint density at radius 2 is 1.68 bits per heavy atom. The van der Waals surface area contributed by atoms with Crippen molar-refractivity contribution in [2.75, 3.05) is 4.72 Å². The third-order valence-electron chi connectivity index (χ3n) is 3.45. The van der Waals surface area contributed by atoms with Crippen LogP contribution in [0.1, 0.15) is 34.8 Å². The lowest BCUT2D eigenvalue weighted by atomic mass is 10.1. The van der Waals surface area contributed by atoms with Crippen molar-refractivity contribution < 1.29 is 13.2 Å². The van der Waals surface area contributed by atoms with Gasteiger partial charge in [-0.15, -0.1) is 0 Å². The molecule has 0 aliphatic heterocycles. The number of nitrogens with one attached hydrogen (secondary N) is 1. The standard InChI is InChI=1S/C17H19NO3S/c1-4-17(19)14-7-9-15(10-8-14)22(20,21)18-16-11-12(2)5-6-13(16)3/h5-11,18H,4H2,1-3H3. The van der Waals surface area contributed by atoms with Crippen LogP contribution in [-0.2, 0) is 10.0 Å². The van der Waals surface area contributed by atoms with Crippen molar-refractivity contribution in [3.8, 4) is 0 Å². The van der Waals surface area contributed by atoms with E-state index in [-0.39, 0.29) is 10.7 Å². The first-order valence-electron chi connectivity index (χ1n) is 7.07. The van der Waals surface area contributed by atoms with Crippen LogP contribution in [0, 0.1) is 13.8 Å². The summed E-state index contributed by atoms with van der Waals surface area (Å²) in [4.78, 5) is 11.7. The molecule has 0 aliphatic rings. The van der Waals surface area contributed by atoms with Crippen LogP contribution in [0.4, 0.5) is 5.69 Å².